The number of rotatable bonds is 6. The van der Waals surface area contributed by atoms with E-state index in [-0.39, 0.29) is 0 Å². The van der Waals surface area contributed by atoms with Crippen molar-refractivity contribution in [2.75, 3.05) is 0 Å². The van der Waals surface area contributed by atoms with Crippen molar-refractivity contribution in [1.82, 2.24) is 15.0 Å². The summed E-state index contributed by atoms with van der Waals surface area (Å²) in [5.41, 5.74) is 11.1. The topological polar surface area (TPSA) is 38.7 Å². The average molecular weight is 552 g/mol. The van der Waals surface area contributed by atoms with Crippen LogP contribution in [0.1, 0.15) is 5.56 Å². The van der Waals surface area contributed by atoms with Gasteiger partial charge in [0.05, 0.1) is 0 Å². The van der Waals surface area contributed by atoms with Gasteiger partial charge in [-0.05, 0) is 52.4 Å². The molecule has 0 atom stereocenters. The van der Waals surface area contributed by atoms with Gasteiger partial charge in [-0.15, -0.1) is 0 Å². The molecule has 7 rings (SSSR count). The minimum Gasteiger partial charge on any atom is -0.208 e. The van der Waals surface area contributed by atoms with E-state index in [0.717, 1.165) is 27.8 Å². The zero-order chi connectivity index (χ0) is 29.0. The van der Waals surface area contributed by atoms with Crippen molar-refractivity contribution in [1.29, 1.82) is 0 Å². The van der Waals surface area contributed by atoms with E-state index >= 15 is 0 Å². The first-order valence-electron chi connectivity index (χ1n) is 14.4. The third-order valence-electron chi connectivity index (χ3n) is 7.59. The Hall–Kier alpha value is -5.67. The highest BCUT2D eigenvalue weighted by atomic mass is 15.0. The lowest BCUT2D eigenvalue weighted by atomic mass is 9.98. The van der Waals surface area contributed by atoms with E-state index in [1.165, 1.54) is 27.8 Å². The van der Waals surface area contributed by atoms with E-state index < -0.39 is 0 Å². The Morgan fingerprint density at radius 2 is 0.628 bits per heavy atom. The lowest BCUT2D eigenvalue weighted by Crippen LogP contribution is -2.00. The maximum atomic E-state index is 4.99. The molecule has 3 heteroatoms. The lowest BCUT2D eigenvalue weighted by Gasteiger charge is -2.11. The van der Waals surface area contributed by atoms with Gasteiger partial charge >= 0.3 is 0 Å². The number of benzene rings is 6. The Labute approximate surface area is 252 Å². The number of aryl methyl sites for hydroxylation is 1. The van der Waals surface area contributed by atoms with Crippen molar-refractivity contribution in [3.8, 4) is 67.5 Å². The van der Waals surface area contributed by atoms with Gasteiger partial charge < -0.3 is 0 Å². The Morgan fingerprint density at radius 3 is 1.21 bits per heavy atom. The summed E-state index contributed by atoms with van der Waals surface area (Å²) in [5, 5.41) is 0. The maximum Gasteiger partial charge on any atom is 0.164 e. The molecule has 0 aliphatic rings. The molecule has 0 spiro atoms. The van der Waals surface area contributed by atoms with E-state index in [0.29, 0.717) is 17.5 Å². The number of hydrogen-bond donors (Lipinski definition) is 0. The quantitative estimate of drug-likeness (QED) is 0.206. The molecular formula is C40H29N3. The van der Waals surface area contributed by atoms with Crippen molar-refractivity contribution in [2.45, 2.75) is 6.92 Å². The fourth-order valence-electron chi connectivity index (χ4n) is 5.33. The first kappa shape index (κ1) is 26.2. The fourth-order valence-corrected chi connectivity index (χ4v) is 5.33. The molecular weight excluding hydrogens is 522 g/mol. The van der Waals surface area contributed by atoms with Crippen LogP contribution in [0.25, 0.3) is 67.5 Å². The molecule has 0 bridgehead atoms. The molecule has 1 heterocycles. The van der Waals surface area contributed by atoms with Crippen LogP contribution in [0.2, 0.25) is 0 Å². The Morgan fingerprint density at radius 1 is 0.279 bits per heavy atom. The molecule has 0 fully saturated rings. The highest BCUT2D eigenvalue weighted by molar-refractivity contribution is 5.76. The van der Waals surface area contributed by atoms with Gasteiger partial charge in [-0.1, -0.05) is 151 Å². The van der Waals surface area contributed by atoms with Crippen molar-refractivity contribution < 1.29 is 0 Å². The summed E-state index contributed by atoms with van der Waals surface area (Å²) < 4.78 is 0. The number of nitrogens with zero attached hydrogens (tertiary/aromatic N) is 3. The van der Waals surface area contributed by atoms with Crippen LogP contribution in [0.3, 0.4) is 0 Å². The van der Waals surface area contributed by atoms with Gasteiger partial charge in [-0.25, -0.2) is 15.0 Å². The van der Waals surface area contributed by atoms with Gasteiger partial charge in [0, 0.05) is 16.7 Å². The predicted octanol–water partition coefficient (Wildman–Crippen LogP) is 10.2. The standard InChI is InChI=1S/C40H29N3/c1-28-11-8-16-33(25-28)36-19-10-20-37(27-36)40-42-38(31-14-6-3-7-15-31)41-39(43-40)32-23-21-30(22-24-32)35-18-9-17-34(26-35)29-12-4-2-5-13-29/h2-27H,1H3. The average Bonchev–Trinajstić information content (AvgIpc) is 3.09. The van der Waals surface area contributed by atoms with Gasteiger partial charge in [-0.3, -0.25) is 0 Å². The molecule has 0 unspecified atom stereocenters. The Bertz CT molecular complexity index is 2010. The zero-order valence-electron chi connectivity index (χ0n) is 23.9. The smallest absolute Gasteiger partial charge is 0.164 e. The molecule has 6 aromatic carbocycles. The van der Waals surface area contributed by atoms with Crippen LogP contribution in [0.5, 0.6) is 0 Å². The molecule has 3 nitrogen and oxygen atoms in total. The second-order valence-electron chi connectivity index (χ2n) is 10.6. The maximum absolute atomic E-state index is 4.99. The Balaban J connectivity index is 1.28. The summed E-state index contributed by atoms with van der Waals surface area (Å²) in [6.45, 7) is 2.11. The van der Waals surface area contributed by atoms with Gasteiger partial charge in [0.25, 0.3) is 0 Å². The minimum absolute atomic E-state index is 0.648. The molecule has 0 saturated heterocycles. The molecule has 0 saturated carbocycles. The molecule has 43 heavy (non-hydrogen) atoms. The first-order valence-corrected chi connectivity index (χ1v) is 14.4. The SMILES string of the molecule is Cc1cccc(-c2cccc(-c3nc(-c4ccccc4)nc(-c4ccc(-c5cccc(-c6ccccc6)c5)cc4)n3)c2)c1. The van der Waals surface area contributed by atoms with E-state index in [9.17, 15) is 0 Å². The minimum atomic E-state index is 0.648. The molecule has 0 aliphatic heterocycles. The molecule has 0 radical (unpaired) electrons. The van der Waals surface area contributed by atoms with E-state index in [1.54, 1.807) is 0 Å². The van der Waals surface area contributed by atoms with Crippen LogP contribution >= 0.6 is 0 Å². The van der Waals surface area contributed by atoms with E-state index in [2.05, 4.69) is 128 Å². The molecule has 0 amide bonds. The van der Waals surface area contributed by atoms with Gasteiger partial charge in [0.1, 0.15) is 0 Å². The number of aromatic nitrogens is 3. The molecule has 0 N–H and O–H groups in total. The van der Waals surface area contributed by atoms with Gasteiger partial charge in [0.2, 0.25) is 0 Å². The van der Waals surface area contributed by atoms with Crippen molar-refractivity contribution in [3.05, 3.63) is 163 Å². The van der Waals surface area contributed by atoms with Crippen molar-refractivity contribution >= 4 is 0 Å². The summed E-state index contributed by atoms with van der Waals surface area (Å²) in [6, 6.07) is 54.7. The summed E-state index contributed by atoms with van der Waals surface area (Å²) in [5.74, 6) is 1.95. The summed E-state index contributed by atoms with van der Waals surface area (Å²) in [7, 11) is 0. The first-order chi connectivity index (χ1) is 21.2. The van der Waals surface area contributed by atoms with Crippen LogP contribution < -0.4 is 0 Å². The summed E-state index contributed by atoms with van der Waals surface area (Å²) in [6.07, 6.45) is 0. The van der Waals surface area contributed by atoms with E-state index in [4.69, 9.17) is 15.0 Å². The monoisotopic (exact) mass is 551 g/mol. The summed E-state index contributed by atoms with van der Waals surface area (Å²) >= 11 is 0. The van der Waals surface area contributed by atoms with E-state index in [1.807, 2.05) is 36.4 Å². The molecule has 0 aliphatic carbocycles. The van der Waals surface area contributed by atoms with Crippen LogP contribution in [0, 0.1) is 6.92 Å². The third kappa shape index (κ3) is 5.74. The molecule has 1 aromatic heterocycles. The van der Waals surface area contributed by atoms with Crippen LogP contribution in [-0.4, -0.2) is 15.0 Å². The number of hydrogen-bond acceptors (Lipinski definition) is 3. The second-order valence-corrected chi connectivity index (χ2v) is 10.6. The van der Waals surface area contributed by atoms with Gasteiger partial charge in [0.15, 0.2) is 17.5 Å². The second kappa shape index (κ2) is 11.7. The molecule has 204 valence electrons. The lowest BCUT2D eigenvalue weighted by molar-refractivity contribution is 1.07. The largest absolute Gasteiger partial charge is 0.208 e. The third-order valence-corrected chi connectivity index (χ3v) is 7.59. The molecule has 7 aromatic rings. The van der Waals surface area contributed by atoms with Crippen LogP contribution in [-0.2, 0) is 0 Å². The summed E-state index contributed by atoms with van der Waals surface area (Å²) in [4.78, 5) is 14.8. The normalized spacial score (nSPS) is 10.9. The highest BCUT2D eigenvalue weighted by Crippen LogP contribution is 2.31. The fraction of sp³-hybridized carbons (Fsp3) is 0.0250. The van der Waals surface area contributed by atoms with Crippen LogP contribution in [0.4, 0.5) is 0 Å². The highest BCUT2D eigenvalue weighted by Gasteiger charge is 2.13. The Kier molecular flexibility index (Phi) is 7.12. The predicted molar refractivity (Wildman–Crippen MR) is 177 cm³/mol. The van der Waals surface area contributed by atoms with Crippen molar-refractivity contribution in [2.24, 2.45) is 0 Å². The van der Waals surface area contributed by atoms with Crippen molar-refractivity contribution in [3.63, 3.8) is 0 Å². The van der Waals surface area contributed by atoms with Crippen LogP contribution in [0.15, 0.2) is 158 Å². The van der Waals surface area contributed by atoms with Gasteiger partial charge in [-0.2, -0.15) is 0 Å². The zero-order valence-corrected chi connectivity index (χ0v) is 23.9.